The van der Waals surface area contributed by atoms with Gasteiger partial charge in [0, 0.05) is 11.8 Å². The van der Waals surface area contributed by atoms with Gasteiger partial charge in [-0.15, -0.1) is 0 Å². The summed E-state index contributed by atoms with van der Waals surface area (Å²) in [5, 5.41) is 2.45. The van der Waals surface area contributed by atoms with Crippen molar-refractivity contribution in [3.05, 3.63) is 42.5 Å². The zero-order chi connectivity index (χ0) is 13.5. The smallest absolute Gasteiger partial charge is 0.127 e. The largest absolute Gasteiger partial charge is 0.493 e. The number of quaternary nitrogens is 1. The van der Waals surface area contributed by atoms with Crippen LogP contribution in [0.1, 0.15) is 20.3 Å². The summed E-state index contributed by atoms with van der Waals surface area (Å²) in [6.07, 6.45) is 1.11. The summed E-state index contributed by atoms with van der Waals surface area (Å²) in [5.41, 5.74) is 0. The van der Waals surface area contributed by atoms with E-state index in [1.165, 1.54) is 30.4 Å². The van der Waals surface area contributed by atoms with Gasteiger partial charge in [0.05, 0.1) is 26.2 Å². The summed E-state index contributed by atoms with van der Waals surface area (Å²) < 4.78 is 5.95. The lowest BCUT2D eigenvalue weighted by molar-refractivity contribution is -0.896. The van der Waals surface area contributed by atoms with Gasteiger partial charge in [-0.25, -0.2) is 0 Å². The Labute approximate surface area is 116 Å². The van der Waals surface area contributed by atoms with Gasteiger partial charge < -0.3 is 9.64 Å². The fourth-order valence-electron chi connectivity index (χ4n) is 2.43. The van der Waals surface area contributed by atoms with E-state index in [1.54, 1.807) is 4.90 Å². The van der Waals surface area contributed by atoms with Gasteiger partial charge in [0.15, 0.2) is 0 Å². The summed E-state index contributed by atoms with van der Waals surface area (Å²) in [5.74, 6) is 1.01. The van der Waals surface area contributed by atoms with Gasteiger partial charge in [-0.1, -0.05) is 36.4 Å². The predicted octanol–water partition coefficient (Wildman–Crippen LogP) is 2.53. The van der Waals surface area contributed by atoms with E-state index in [1.807, 2.05) is 0 Å². The third-order valence-electron chi connectivity index (χ3n) is 3.68. The van der Waals surface area contributed by atoms with Crippen LogP contribution < -0.4 is 9.64 Å². The van der Waals surface area contributed by atoms with Gasteiger partial charge in [0.2, 0.25) is 0 Å². The maximum atomic E-state index is 5.95. The highest BCUT2D eigenvalue weighted by Crippen LogP contribution is 2.24. The van der Waals surface area contributed by atoms with Crippen molar-refractivity contribution in [2.24, 2.45) is 0 Å². The first-order valence-corrected chi connectivity index (χ1v) is 7.29. The van der Waals surface area contributed by atoms with Crippen LogP contribution in [0.3, 0.4) is 0 Å². The van der Waals surface area contributed by atoms with Crippen LogP contribution in [0.5, 0.6) is 5.75 Å². The maximum absolute atomic E-state index is 5.95. The van der Waals surface area contributed by atoms with Crippen LogP contribution >= 0.6 is 0 Å². The third kappa shape index (κ3) is 3.71. The van der Waals surface area contributed by atoms with E-state index < -0.39 is 0 Å². The summed E-state index contributed by atoms with van der Waals surface area (Å²) in [6, 6.07) is 14.6. The van der Waals surface area contributed by atoms with Crippen molar-refractivity contribution in [2.45, 2.75) is 20.3 Å². The first-order chi connectivity index (χ1) is 9.35. The van der Waals surface area contributed by atoms with Crippen LogP contribution in [0.25, 0.3) is 10.8 Å². The fourth-order valence-corrected chi connectivity index (χ4v) is 2.43. The van der Waals surface area contributed by atoms with Crippen LogP contribution in [-0.2, 0) is 0 Å². The number of rotatable bonds is 7. The lowest BCUT2D eigenvalue weighted by atomic mass is 10.1. The lowest BCUT2D eigenvalue weighted by Crippen LogP contribution is -3.11. The van der Waals surface area contributed by atoms with Crippen molar-refractivity contribution in [3.8, 4) is 5.75 Å². The Hall–Kier alpha value is -1.54. The molecule has 0 unspecified atom stereocenters. The second-order valence-corrected chi connectivity index (χ2v) is 4.89. The van der Waals surface area contributed by atoms with E-state index in [9.17, 15) is 0 Å². The Bertz CT molecular complexity index is 500. The average molecular weight is 258 g/mol. The van der Waals surface area contributed by atoms with Gasteiger partial charge in [-0.3, -0.25) is 0 Å². The van der Waals surface area contributed by atoms with E-state index in [0.717, 1.165) is 18.8 Å². The van der Waals surface area contributed by atoms with Crippen molar-refractivity contribution in [1.82, 2.24) is 0 Å². The Morgan fingerprint density at radius 2 is 1.68 bits per heavy atom. The minimum absolute atomic E-state index is 0.803. The Kier molecular flexibility index (Phi) is 5.22. The molecule has 2 rings (SSSR count). The number of benzene rings is 2. The second-order valence-electron chi connectivity index (χ2n) is 4.89. The molecular weight excluding hydrogens is 234 g/mol. The molecule has 19 heavy (non-hydrogen) atoms. The SMILES string of the molecule is CC[NH+](CC)CCCOc1cccc2ccccc12. The Balaban J connectivity index is 1.91. The van der Waals surface area contributed by atoms with Gasteiger partial charge in [0.1, 0.15) is 5.75 Å². The molecule has 0 aliphatic rings. The van der Waals surface area contributed by atoms with E-state index in [-0.39, 0.29) is 0 Å². The molecule has 0 spiro atoms. The minimum Gasteiger partial charge on any atom is -0.493 e. The monoisotopic (exact) mass is 258 g/mol. The van der Waals surface area contributed by atoms with Crippen molar-refractivity contribution in [2.75, 3.05) is 26.2 Å². The summed E-state index contributed by atoms with van der Waals surface area (Å²) >= 11 is 0. The highest BCUT2D eigenvalue weighted by atomic mass is 16.5. The van der Waals surface area contributed by atoms with Crippen LogP contribution in [-0.4, -0.2) is 26.2 Å². The molecule has 0 radical (unpaired) electrons. The van der Waals surface area contributed by atoms with Gasteiger partial charge in [-0.05, 0) is 25.3 Å². The average Bonchev–Trinajstić information content (AvgIpc) is 2.47. The normalized spacial score (nSPS) is 11.1. The van der Waals surface area contributed by atoms with Crippen LogP contribution in [0, 0.1) is 0 Å². The molecule has 0 amide bonds. The molecule has 0 bridgehead atoms. The van der Waals surface area contributed by atoms with Crippen molar-refractivity contribution in [3.63, 3.8) is 0 Å². The summed E-state index contributed by atoms with van der Waals surface area (Å²) in [6.45, 7) is 8.87. The molecule has 2 aromatic carbocycles. The number of nitrogens with one attached hydrogen (secondary N) is 1. The minimum atomic E-state index is 0.803. The van der Waals surface area contributed by atoms with Gasteiger partial charge >= 0.3 is 0 Å². The quantitative estimate of drug-likeness (QED) is 0.754. The number of ether oxygens (including phenoxy) is 1. The molecule has 0 aliphatic heterocycles. The van der Waals surface area contributed by atoms with Crippen LogP contribution in [0.2, 0.25) is 0 Å². The summed E-state index contributed by atoms with van der Waals surface area (Å²) in [7, 11) is 0. The highest BCUT2D eigenvalue weighted by Gasteiger charge is 2.04. The first-order valence-electron chi connectivity index (χ1n) is 7.29. The predicted molar refractivity (Wildman–Crippen MR) is 81.0 cm³/mol. The zero-order valence-electron chi connectivity index (χ0n) is 12.0. The van der Waals surface area contributed by atoms with E-state index in [0.29, 0.717) is 0 Å². The molecule has 0 atom stereocenters. The molecule has 2 heteroatoms. The van der Waals surface area contributed by atoms with Gasteiger partial charge in [0.25, 0.3) is 0 Å². The van der Waals surface area contributed by atoms with E-state index >= 15 is 0 Å². The van der Waals surface area contributed by atoms with Gasteiger partial charge in [-0.2, -0.15) is 0 Å². The molecule has 0 fully saturated rings. The van der Waals surface area contributed by atoms with E-state index in [4.69, 9.17) is 4.74 Å². The summed E-state index contributed by atoms with van der Waals surface area (Å²) in [4.78, 5) is 1.64. The van der Waals surface area contributed by atoms with Crippen molar-refractivity contribution >= 4 is 10.8 Å². The standard InChI is InChI=1S/C17H23NO/c1-3-18(4-2)13-8-14-19-17-12-7-10-15-9-5-6-11-16(15)17/h5-7,9-12H,3-4,8,13-14H2,1-2H3/p+1. The molecule has 0 aromatic heterocycles. The van der Waals surface area contributed by atoms with Crippen LogP contribution in [0.4, 0.5) is 0 Å². The number of hydrogen-bond acceptors (Lipinski definition) is 1. The molecule has 0 aliphatic carbocycles. The molecule has 2 nitrogen and oxygen atoms in total. The first kappa shape index (κ1) is 13.9. The maximum Gasteiger partial charge on any atom is 0.127 e. The second kappa shape index (κ2) is 7.15. The van der Waals surface area contributed by atoms with Crippen molar-refractivity contribution < 1.29 is 9.64 Å². The molecule has 1 N–H and O–H groups in total. The topological polar surface area (TPSA) is 13.7 Å². The molecule has 0 saturated heterocycles. The number of hydrogen-bond donors (Lipinski definition) is 1. The highest BCUT2D eigenvalue weighted by molar-refractivity contribution is 5.88. The Morgan fingerprint density at radius 3 is 2.47 bits per heavy atom. The zero-order valence-corrected chi connectivity index (χ0v) is 12.0. The van der Waals surface area contributed by atoms with E-state index in [2.05, 4.69) is 56.3 Å². The lowest BCUT2D eigenvalue weighted by Gasteiger charge is -2.15. The van der Waals surface area contributed by atoms with Crippen LogP contribution in [0.15, 0.2) is 42.5 Å². The molecule has 0 heterocycles. The fraction of sp³-hybridized carbons (Fsp3) is 0.412. The third-order valence-corrected chi connectivity index (χ3v) is 3.68. The molecule has 2 aromatic rings. The molecule has 0 saturated carbocycles. The molecule has 102 valence electrons. The van der Waals surface area contributed by atoms with Crippen molar-refractivity contribution in [1.29, 1.82) is 0 Å². The Morgan fingerprint density at radius 1 is 0.947 bits per heavy atom. The molecular formula is C17H24NO+. The number of fused-ring (bicyclic) bond motifs is 1.